The van der Waals surface area contributed by atoms with E-state index in [1.807, 2.05) is 48.7 Å². The fraction of sp³-hybridized carbons (Fsp3) is 0. The van der Waals surface area contributed by atoms with Gasteiger partial charge in [-0.3, -0.25) is 0 Å². The van der Waals surface area contributed by atoms with Crippen LogP contribution in [0.3, 0.4) is 0 Å². The molecule has 0 spiro atoms. The molecule has 4 aromatic rings. The van der Waals surface area contributed by atoms with Crippen molar-refractivity contribution < 1.29 is 0 Å². The van der Waals surface area contributed by atoms with Crippen molar-refractivity contribution in [3.05, 3.63) is 73.2 Å². The van der Waals surface area contributed by atoms with Crippen molar-refractivity contribution in [1.82, 2.24) is 15.0 Å². The summed E-state index contributed by atoms with van der Waals surface area (Å²) in [6.45, 7) is 0. The summed E-state index contributed by atoms with van der Waals surface area (Å²) >= 11 is 0. The molecule has 0 aliphatic rings. The van der Waals surface area contributed by atoms with E-state index in [1.54, 1.807) is 0 Å². The second-order valence-corrected chi connectivity index (χ2v) is 5.43. The van der Waals surface area contributed by atoms with Gasteiger partial charge in [0.25, 0.3) is 0 Å². The monoisotopic (exact) mass is 313 g/mol. The molecule has 5 nitrogen and oxygen atoms in total. The number of benzene rings is 2. The SMILES string of the molecule is Nc1ccc(Nc2ncnc3ncc(-c4ccccc4)cc23)cc1. The number of nitrogen functional groups attached to an aromatic ring is 1. The van der Waals surface area contributed by atoms with Gasteiger partial charge in [-0.25, -0.2) is 15.0 Å². The van der Waals surface area contributed by atoms with E-state index in [0.29, 0.717) is 5.65 Å². The van der Waals surface area contributed by atoms with E-state index in [0.717, 1.165) is 33.7 Å². The normalized spacial score (nSPS) is 10.7. The molecule has 0 radical (unpaired) electrons. The van der Waals surface area contributed by atoms with Crippen LogP contribution in [-0.2, 0) is 0 Å². The lowest BCUT2D eigenvalue weighted by atomic mass is 10.1. The van der Waals surface area contributed by atoms with Gasteiger partial charge in [0.15, 0.2) is 5.65 Å². The lowest BCUT2D eigenvalue weighted by Crippen LogP contribution is -1.97. The van der Waals surface area contributed by atoms with Crippen molar-refractivity contribution >= 4 is 28.2 Å². The first kappa shape index (κ1) is 14.1. The van der Waals surface area contributed by atoms with E-state index in [4.69, 9.17) is 5.73 Å². The minimum absolute atomic E-state index is 0.655. The number of anilines is 3. The van der Waals surface area contributed by atoms with Crippen LogP contribution >= 0.6 is 0 Å². The summed E-state index contributed by atoms with van der Waals surface area (Å²) in [5.74, 6) is 0.718. The Hall–Kier alpha value is -3.47. The van der Waals surface area contributed by atoms with Crippen LogP contribution in [0.15, 0.2) is 73.2 Å². The highest BCUT2D eigenvalue weighted by Crippen LogP contribution is 2.27. The van der Waals surface area contributed by atoms with E-state index in [2.05, 4.69) is 38.5 Å². The van der Waals surface area contributed by atoms with Crippen molar-refractivity contribution in [1.29, 1.82) is 0 Å². The highest BCUT2D eigenvalue weighted by molar-refractivity contribution is 5.91. The summed E-state index contributed by atoms with van der Waals surface area (Å²) in [6, 6.07) is 19.7. The molecule has 0 saturated carbocycles. The van der Waals surface area contributed by atoms with Gasteiger partial charge in [-0.2, -0.15) is 0 Å². The third kappa shape index (κ3) is 2.75. The molecular formula is C19H15N5. The number of hydrogen-bond donors (Lipinski definition) is 2. The first-order valence-electron chi connectivity index (χ1n) is 7.58. The topological polar surface area (TPSA) is 76.7 Å². The Morgan fingerprint density at radius 2 is 1.58 bits per heavy atom. The molecule has 0 bridgehead atoms. The van der Waals surface area contributed by atoms with Crippen LogP contribution in [0.1, 0.15) is 0 Å². The van der Waals surface area contributed by atoms with E-state index in [1.165, 1.54) is 6.33 Å². The van der Waals surface area contributed by atoms with Crippen molar-refractivity contribution in [2.45, 2.75) is 0 Å². The molecule has 0 saturated heterocycles. The minimum atomic E-state index is 0.655. The molecule has 24 heavy (non-hydrogen) atoms. The average molecular weight is 313 g/mol. The van der Waals surface area contributed by atoms with E-state index in [9.17, 15) is 0 Å². The maximum absolute atomic E-state index is 5.73. The molecule has 2 aromatic carbocycles. The Bertz CT molecular complexity index is 981. The molecule has 3 N–H and O–H groups in total. The third-order valence-corrected chi connectivity index (χ3v) is 3.77. The summed E-state index contributed by atoms with van der Waals surface area (Å²) in [5.41, 5.74) is 10.2. The molecular weight excluding hydrogens is 298 g/mol. The van der Waals surface area contributed by atoms with Gasteiger partial charge in [0.2, 0.25) is 0 Å². The smallest absolute Gasteiger partial charge is 0.164 e. The van der Waals surface area contributed by atoms with Crippen molar-refractivity contribution in [3.63, 3.8) is 0 Å². The highest BCUT2D eigenvalue weighted by atomic mass is 15.0. The standard InChI is InChI=1S/C19H15N5/c20-15-6-8-16(9-7-15)24-19-17-10-14(13-4-2-1-3-5-13)11-21-18(17)22-12-23-19/h1-12H,20H2,(H,21,22,23,24). The maximum Gasteiger partial charge on any atom is 0.164 e. The van der Waals surface area contributed by atoms with Gasteiger partial charge in [-0.1, -0.05) is 30.3 Å². The number of aromatic nitrogens is 3. The van der Waals surface area contributed by atoms with Crippen LogP contribution in [0.2, 0.25) is 0 Å². The predicted molar refractivity (Wildman–Crippen MR) is 96.9 cm³/mol. The third-order valence-electron chi connectivity index (χ3n) is 3.77. The van der Waals surface area contributed by atoms with Crippen molar-refractivity contribution in [3.8, 4) is 11.1 Å². The Morgan fingerprint density at radius 1 is 0.792 bits per heavy atom. The zero-order chi connectivity index (χ0) is 16.4. The Morgan fingerprint density at radius 3 is 2.38 bits per heavy atom. The molecule has 2 heterocycles. The number of rotatable bonds is 3. The summed E-state index contributed by atoms with van der Waals surface area (Å²) in [5, 5.41) is 4.18. The number of nitrogens with zero attached hydrogens (tertiary/aromatic N) is 3. The molecule has 0 amide bonds. The maximum atomic E-state index is 5.73. The second-order valence-electron chi connectivity index (χ2n) is 5.43. The van der Waals surface area contributed by atoms with Gasteiger partial charge in [0.05, 0.1) is 5.39 Å². The van der Waals surface area contributed by atoms with Gasteiger partial charge in [-0.15, -0.1) is 0 Å². The molecule has 0 unspecified atom stereocenters. The average Bonchev–Trinajstić information content (AvgIpc) is 2.64. The summed E-state index contributed by atoms with van der Waals surface area (Å²) in [7, 11) is 0. The lowest BCUT2D eigenvalue weighted by Gasteiger charge is -2.09. The Balaban J connectivity index is 1.79. The predicted octanol–water partition coefficient (Wildman–Crippen LogP) is 4.02. The molecule has 0 aliphatic heterocycles. The van der Waals surface area contributed by atoms with Gasteiger partial charge >= 0.3 is 0 Å². The van der Waals surface area contributed by atoms with Crippen LogP contribution in [0.5, 0.6) is 0 Å². The van der Waals surface area contributed by atoms with Gasteiger partial charge in [-0.05, 0) is 35.9 Å². The first-order valence-corrected chi connectivity index (χ1v) is 7.58. The molecule has 2 aromatic heterocycles. The molecule has 5 heteroatoms. The largest absolute Gasteiger partial charge is 0.399 e. The van der Waals surface area contributed by atoms with Crippen LogP contribution < -0.4 is 11.1 Å². The van der Waals surface area contributed by atoms with E-state index < -0.39 is 0 Å². The Kier molecular flexibility index (Phi) is 3.51. The van der Waals surface area contributed by atoms with Crippen LogP contribution in [0.25, 0.3) is 22.2 Å². The quantitative estimate of drug-likeness (QED) is 0.559. The highest BCUT2D eigenvalue weighted by Gasteiger charge is 2.07. The minimum Gasteiger partial charge on any atom is -0.399 e. The van der Waals surface area contributed by atoms with Gasteiger partial charge < -0.3 is 11.1 Å². The van der Waals surface area contributed by atoms with Crippen LogP contribution in [0.4, 0.5) is 17.2 Å². The fourth-order valence-electron chi connectivity index (χ4n) is 2.54. The summed E-state index contributed by atoms with van der Waals surface area (Å²) in [4.78, 5) is 13.1. The number of fused-ring (bicyclic) bond motifs is 1. The zero-order valence-electron chi connectivity index (χ0n) is 12.8. The van der Waals surface area contributed by atoms with E-state index in [-0.39, 0.29) is 0 Å². The first-order chi connectivity index (χ1) is 11.8. The number of pyridine rings is 1. The number of hydrogen-bond acceptors (Lipinski definition) is 5. The molecule has 0 fully saturated rings. The second kappa shape index (κ2) is 5.96. The summed E-state index contributed by atoms with van der Waals surface area (Å²) in [6.07, 6.45) is 3.34. The van der Waals surface area contributed by atoms with Crippen molar-refractivity contribution in [2.75, 3.05) is 11.1 Å². The molecule has 116 valence electrons. The fourth-order valence-corrected chi connectivity index (χ4v) is 2.54. The van der Waals surface area contributed by atoms with Gasteiger partial charge in [0.1, 0.15) is 12.1 Å². The molecule has 4 rings (SSSR count). The van der Waals surface area contributed by atoms with Crippen LogP contribution in [-0.4, -0.2) is 15.0 Å². The van der Waals surface area contributed by atoms with Crippen molar-refractivity contribution in [2.24, 2.45) is 0 Å². The summed E-state index contributed by atoms with van der Waals surface area (Å²) < 4.78 is 0. The Labute approximate surface area is 139 Å². The molecule has 0 aliphatic carbocycles. The number of nitrogens with two attached hydrogens (primary N) is 1. The molecule has 0 atom stereocenters. The van der Waals surface area contributed by atoms with E-state index >= 15 is 0 Å². The lowest BCUT2D eigenvalue weighted by molar-refractivity contribution is 1.18. The van der Waals surface area contributed by atoms with Crippen LogP contribution in [0, 0.1) is 0 Å². The van der Waals surface area contributed by atoms with Gasteiger partial charge in [0, 0.05) is 23.1 Å². The zero-order valence-corrected chi connectivity index (χ0v) is 12.8. The number of nitrogens with one attached hydrogen (secondary N) is 1.